The van der Waals surface area contributed by atoms with Crippen LogP contribution >= 0.6 is 0 Å². The lowest BCUT2D eigenvalue weighted by Crippen LogP contribution is -2.49. The number of nitrogens with zero attached hydrogens (tertiary/aromatic N) is 1. The maximum atomic E-state index is 12.7. The highest BCUT2D eigenvalue weighted by Gasteiger charge is 2.43. The third kappa shape index (κ3) is 3.48. The summed E-state index contributed by atoms with van der Waals surface area (Å²) in [6, 6.07) is 16.7. The number of rotatable bonds is 5. The number of amides is 1. The van der Waals surface area contributed by atoms with Gasteiger partial charge in [-0.2, -0.15) is 0 Å². The van der Waals surface area contributed by atoms with Crippen LogP contribution in [-0.2, 0) is 21.6 Å². The zero-order chi connectivity index (χ0) is 18.6. The van der Waals surface area contributed by atoms with Crippen molar-refractivity contribution < 1.29 is 19.4 Å². The summed E-state index contributed by atoms with van der Waals surface area (Å²) in [6.07, 6.45) is 0.833. The van der Waals surface area contributed by atoms with E-state index in [-0.39, 0.29) is 5.91 Å². The average Bonchev–Trinajstić information content (AvgIpc) is 2.69. The van der Waals surface area contributed by atoms with Crippen molar-refractivity contribution in [2.24, 2.45) is 0 Å². The monoisotopic (exact) mass is 353 g/mol. The molecule has 1 heterocycles. The van der Waals surface area contributed by atoms with E-state index in [1.54, 1.807) is 24.1 Å². The molecule has 2 aromatic rings. The Morgan fingerprint density at radius 1 is 1.04 bits per heavy atom. The summed E-state index contributed by atoms with van der Waals surface area (Å²) in [5.74, 6) is -0.874. The van der Waals surface area contributed by atoms with Gasteiger partial charge in [-0.05, 0) is 36.1 Å². The highest BCUT2D eigenvalue weighted by atomic mass is 16.5. The molecule has 0 saturated carbocycles. The van der Waals surface area contributed by atoms with Gasteiger partial charge in [-0.15, -0.1) is 0 Å². The lowest BCUT2D eigenvalue weighted by molar-refractivity contribution is -0.145. The van der Waals surface area contributed by atoms with Crippen molar-refractivity contribution in [1.29, 1.82) is 0 Å². The van der Waals surface area contributed by atoms with E-state index in [1.165, 1.54) is 0 Å². The maximum absolute atomic E-state index is 12.7. The summed E-state index contributed by atoms with van der Waals surface area (Å²) in [5.41, 5.74) is 1.52. The first-order chi connectivity index (χ1) is 12.6. The van der Waals surface area contributed by atoms with Gasteiger partial charge in [-0.3, -0.25) is 9.59 Å². The fourth-order valence-corrected chi connectivity index (χ4v) is 3.57. The minimum absolute atomic E-state index is 0.0546. The fourth-order valence-electron chi connectivity index (χ4n) is 3.57. The van der Waals surface area contributed by atoms with Gasteiger partial charge < -0.3 is 14.7 Å². The van der Waals surface area contributed by atoms with Crippen LogP contribution in [0.1, 0.15) is 34.3 Å². The van der Waals surface area contributed by atoms with Crippen LogP contribution in [0.4, 0.5) is 0 Å². The van der Waals surface area contributed by atoms with Crippen molar-refractivity contribution in [3.05, 3.63) is 71.3 Å². The minimum Gasteiger partial charge on any atom is -0.481 e. The molecular weight excluding hydrogens is 330 g/mol. The summed E-state index contributed by atoms with van der Waals surface area (Å²) in [5, 5.41) is 9.85. The summed E-state index contributed by atoms with van der Waals surface area (Å²) in [7, 11) is 1.63. The Labute approximate surface area is 153 Å². The highest BCUT2D eigenvalue weighted by molar-refractivity contribution is 5.94. The Balaban J connectivity index is 1.72. The van der Waals surface area contributed by atoms with Crippen molar-refractivity contribution in [3.8, 4) is 0 Å². The summed E-state index contributed by atoms with van der Waals surface area (Å²) in [6.45, 7) is 1.37. The van der Waals surface area contributed by atoms with E-state index in [4.69, 9.17) is 4.74 Å². The molecule has 1 saturated heterocycles. The number of piperidine rings is 1. The lowest BCUT2D eigenvalue weighted by Gasteiger charge is -2.39. The van der Waals surface area contributed by atoms with E-state index in [0.29, 0.717) is 38.1 Å². The van der Waals surface area contributed by atoms with Gasteiger partial charge in [0.1, 0.15) is 0 Å². The number of carbonyl (C=O) groups is 2. The number of likely N-dealkylation sites (tertiary alicyclic amines) is 1. The van der Waals surface area contributed by atoms with E-state index in [0.717, 1.165) is 11.1 Å². The molecule has 5 heteroatoms. The third-order valence-corrected chi connectivity index (χ3v) is 5.15. The second-order valence-electron chi connectivity index (χ2n) is 6.68. The largest absolute Gasteiger partial charge is 0.481 e. The molecule has 1 amide bonds. The molecule has 0 atom stereocenters. The van der Waals surface area contributed by atoms with Gasteiger partial charge in [0.05, 0.1) is 12.0 Å². The SMILES string of the molecule is COCc1ccc(C(=O)N2CCC(C(=O)O)(c3ccccc3)CC2)cc1. The summed E-state index contributed by atoms with van der Waals surface area (Å²) >= 11 is 0. The number of hydrogen-bond donors (Lipinski definition) is 1. The standard InChI is InChI=1S/C21H23NO4/c1-26-15-16-7-9-17(10-8-16)19(23)22-13-11-21(12-14-22,20(24)25)18-5-3-2-4-6-18/h2-10H,11-15H2,1H3,(H,24,25). The van der Waals surface area contributed by atoms with Gasteiger partial charge in [-0.25, -0.2) is 0 Å². The van der Waals surface area contributed by atoms with E-state index in [9.17, 15) is 14.7 Å². The van der Waals surface area contributed by atoms with Crippen molar-refractivity contribution in [3.63, 3.8) is 0 Å². The number of carboxylic acid groups (broad SMARTS) is 1. The first-order valence-electron chi connectivity index (χ1n) is 8.73. The van der Waals surface area contributed by atoms with Gasteiger partial charge in [0.2, 0.25) is 0 Å². The minimum atomic E-state index is -0.916. The van der Waals surface area contributed by atoms with E-state index >= 15 is 0 Å². The lowest BCUT2D eigenvalue weighted by atomic mass is 9.73. The molecule has 0 bridgehead atoms. The van der Waals surface area contributed by atoms with Gasteiger partial charge >= 0.3 is 5.97 Å². The average molecular weight is 353 g/mol. The normalized spacial score (nSPS) is 16.3. The molecule has 2 aromatic carbocycles. The second-order valence-corrected chi connectivity index (χ2v) is 6.68. The number of methoxy groups -OCH3 is 1. The van der Waals surface area contributed by atoms with Crippen LogP contribution in [0.3, 0.4) is 0 Å². The molecule has 0 spiro atoms. The summed E-state index contributed by atoms with van der Waals surface area (Å²) in [4.78, 5) is 26.5. The molecule has 5 nitrogen and oxygen atoms in total. The Kier molecular flexibility index (Phi) is 5.38. The van der Waals surface area contributed by atoms with Crippen molar-refractivity contribution in [2.75, 3.05) is 20.2 Å². The predicted molar refractivity (Wildman–Crippen MR) is 98.0 cm³/mol. The van der Waals surface area contributed by atoms with Gasteiger partial charge in [0.25, 0.3) is 5.91 Å². The quantitative estimate of drug-likeness (QED) is 0.897. The molecule has 26 heavy (non-hydrogen) atoms. The van der Waals surface area contributed by atoms with Crippen LogP contribution in [0.2, 0.25) is 0 Å². The maximum Gasteiger partial charge on any atom is 0.314 e. The Bertz CT molecular complexity index is 762. The number of benzene rings is 2. The first kappa shape index (κ1) is 18.1. The Morgan fingerprint density at radius 2 is 1.65 bits per heavy atom. The summed E-state index contributed by atoms with van der Waals surface area (Å²) < 4.78 is 5.08. The number of hydrogen-bond acceptors (Lipinski definition) is 3. The Hall–Kier alpha value is -2.66. The van der Waals surface area contributed by atoms with Crippen LogP contribution in [0.15, 0.2) is 54.6 Å². The van der Waals surface area contributed by atoms with Crippen LogP contribution in [0, 0.1) is 0 Å². The van der Waals surface area contributed by atoms with Crippen LogP contribution in [0.25, 0.3) is 0 Å². The molecule has 136 valence electrons. The van der Waals surface area contributed by atoms with Gasteiger partial charge in [-0.1, -0.05) is 42.5 Å². The number of carbonyl (C=O) groups excluding carboxylic acids is 1. The molecule has 1 aliphatic heterocycles. The van der Waals surface area contributed by atoms with E-state index in [2.05, 4.69) is 0 Å². The van der Waals surface area contributed by atoms with Crippen molar-refractivity contribution in [2.45, 2.75) is 24.9 Å². The molecule has 0 radical (unpaired) electrons. The topological polar surface area (TPSA) is 66.8 Å². The van der Waals surface area contributed by atoms with E-state index < -0.39 is 11.4 Å². The van der Waals surface area contributed by atoms with Crippen molar-refractivity contribution >= 4 is 11.9 Å². The Morgan fingerprint density at radius 3 is 2.19 bits per heavy atom. The number of aliphatic carboxylic acids is 1. The fraction of sp³-hybridized carbons (Fsp3) is 0.333. The molecule has 0 aromatic heterocycles. The van der Waals surface area contributed by atoms with E-state index in [1.807, 2.05) is 42.5 Å². The zero-order valence-corrected chi connectivity index (χ0v) is 14.9. The molecule has 0 unspecified atom stereocenters. The first-order valence-corrected chi connectivity index (χ1v) is 8.73. The molecule has 3 rings (SSSR count). The van der Waals surface area contributed by atoms with Crippen LogP contribution in [-0.4, -0.2) is 42.1 Å². The molecular formula is C21H23NO4. The number of ether oxygens (including phenoxy) is 1. The molecule has 1 N–H and O–H groups in total. The molecule has 0 aliphatic carbocycles. The van der Waals surface area contributed by atoms with Crippen LogP contribution in [0.5, 0.6) is 0 Å². The molecule has 1 fully saturated rings. The molecule has 1 aliphatic rings. The number of carboxylic acids is 1. The smallest absolute Gasteiger partial charge is 0.314 e. The second kappa shape index (κ2) is 7.70. The predicted octanol–water partition coefficient (Wildman–Crippen LogP) is 3.09. The van der Waals surface area contributed by atoms with Crippen LogP contribution < -0.4 is 0 Å². The van der Waals surface area contributed by atoms with Gasteiger partial charge in [0.15, 0.2) is 0 Å². The van der Waals surface area contributed by atoms with Crippen molar-refractivity contribution in [1.82, 2.24) is 4.90 Å². The third-order valence-electron chi connectivity index (χ3n) is 5.15. The zero-order valence-electron chi connectivity index (χ0n) is 14.9. The van der Waals surface area contributed by atoms with Gasteiger partial charge in [0, 0.05) is 25.8 Å². The highest BCUT2D eigenvalue weighted by Crippen LogP contribution is 2.36.